The largest absolute Gasteiger partial charge is 0.384 e. The number of benzene rings is 1. The van der Waals surface area contributed by atoms with E-state index in [1.807, 2.05) is 12.3 Å². The molecule has 2 rings (SSSR count). The molecule has 0 spiro atoms. The number of amides is 1. The second-order valence-electron chi connectivity index (χ2n) is 3.90. The van der Waals surface area contributed by atoms with Crippen LogP contribution in [0.5, 0.6) is 0 Å². The standard InChI is InChI=1S/C14H11FN2O2S/c1-9-8-20-14(16-9)17-13(19)11-5-4-10(3-2-6-18)12(15)7-11/h4-5,7-8,18H,6H2,1H3,(H,16,17,19). The molecule has 0 fully saturated rings. The lowest BCUT2D eigenvalue weighted by atomic mass is 10.1. The van der Waals surface area contributed by atoms with Crippen molar-refractivity contribution in [1.29, 1.82) is 0 Å². The number of aliphatic hydroxyl groups is 1. The molecular weight excluding hydrogens is 279 g/mol. The van der Waals surface area contributed by atoms with Crippen LogP contribution in [0.25, 0.3) is 0 Å². The molecular formula is C14H11FN2O2S. The van der Waals surface area contributed by atoms with Crippen molar-refractivity contribution in [3.8, 4) is 11.8 Å². The maximum atomic E-state index is 13.7. The molecule has 2 N–H and O–H groups in total. The van der Waals surface area contributed by atoms with Crippen LogP contribution in [0, 0.1) is 24.6 Å². The summed E-state index contributed by atoms with van der Waals surface area (Å²) in [5.41, 5.74) is 1.14. The van der Waals surface area contributed by atoms with Gasteiger partial charge in [0.1, 0.15) is 12.4 Å². The zero-order valence-corrected chi connectivity index (χ0v) is 11.4. The number of halogens is 1. The van der Waals surface area contributed by atoms with Gasteiger partial charge in [-0.15, -0.1) is 11.3 Å². The number of nitrogens with one attached hydrogen (secondary N) is 1. The fourth-order valence-corrected chi connectivity index (χ4v) is 2.16. The van der Waals surface area contributed by atoms with Gasteiger partial charge in [-0.2, -0.15) is 0 Å². The SMILES string of the molecule is Cc1csc(NC(=O)c2ccc(C#CCO)c(F)c2)n1. The normalized spacial score (nSPS) is 9.75. The van der Waals surface area contributed by atoms with Crippen LogP contribution >= 0.6 is 11.3 Å². The molecule has 0 saturated carbocycles. The minimum Gasteiger partial charge on any atom is -0.384 e. The summed E-state index contributed by atoms with van der Waals surface area (Å²) in [6.07, 6.45) is 0. The third kappa shape index (κ3) is 3.41. The van der Waals surface area contributed by atoms with Gasteiger partial charge in [-0.05, 0) is 25.1 Å². The Kier molecular flexibility index (Phi) is 4.45. The van der Waals surface area contributed by atoms with Crippen molar-refractivity contribution in [3.63, 3.8) is 0 Å². The number of carbonyl (C=O) groups is 1. The van der Waals surface area contributed by atoms with Crippen molar-refractivity contribution in [2.45, 2.75) is 6.92 Å². The first-order valence-corrected chi connectivity index (χ1v) is 6.61. The molecule has 0 radical (unpaired) electrons. The molecule has 102 valence electrons. The lowest BCUT2D eigenvalue weighted by Gasteiger charge is -2.02. The van der Waals surface area contributed by atoms with Crippen LogP contribution in [0.15, 0.2) is 23.6 Å². The average Bonchev–Trinajstić information content (AvgIpc) is 2.82. The number of carbonyl (C=O) groups excluding carboxylic acids is 1. The smallest absolute Gasteiger partial charge is 0.257 e. The summed E-state index contributed by atoms with van der Waals surface area (Å²) < 4.78 is 13.7. The topological polar surface area (TPSA) is 62.2 Å². The van der Waals surface area contributed by atoms with Crippen LogP contribution in [0.2, 0.25) is 0 Å². The molecule has 20 heavy (non-hydrogen) atoms. The van der Waals surface area contributed by atoms with Crippen molar-refractivity contribution in [1.82, 2.24) is 4.98 Å². The number of nitrogens with zero attached hydrogens (tertiary/aromatic N) is 1. The van der Waals surface area contributed by atoms with Crippen LogP contribution in [0.3, 0.4) is 0 Å². The lowest BCUT2D eigenvalue weighted by molar-refractivity contribution is 0.102. The predicted octanol–water partition coefficient (Wildman–Crippen LogP) is 2.19. The van der Waals surface area contributed by atoms with Gasteiger partial charge in [0.25, 0.3) is 5.91 Å². The molecule has 1 heterocycles. The molecule has 1 aromatic heterocycles. The fraction of sp³-hybridized carbons (Fsp3) is 0.143. The number of anilines is 1. The molecule has 0 saturated heterocycles. The summed E-state index contributed by atoms with van der Waals surface area (Å²) in [4.78, 5) is 16.0. The van der Waals surface area contributed by atoms with Crippen molar-refractivity contribution >= 4 is 22.4 Å². The molecule has 0 aliphatic heterocycles. The average molecular weight is 290 g/mol. The number of thiazole rings is 1. The van der Waals surface area contributed by atoms with E-state index in [0.717, 1.165) is 11.8 Å². The first kappa shape index (κ1) is 14.2. The Hall–Kier alpha value is -2.23. The van der Waals surface area contributed by atoms with E-state index < -0.39 is 11.7 Å². The highest BCUT2D eigenvalue weighted by molar-refractivity contribution is 7.13. The molecule has 2 aromatic rings. The van der Waals surface area contributed by atoms with Gasteiger partial charge in [0, 0.05) is 10.9 Å². The van der Waals surface area contributed by atoms with Crippen LogP contribution in [0.4, 0.5) is 9.52 Å². The van der Waals surface area contributed by atoms with Crippen LogP contribution in [-0.2, 0) is 0 Å². The van der Waals surface area contributed by atoms with E-state index >= 15 is 0 Å². The monoisotopic (exact) mass is 290 g/mol. The minimum absolute atomic E-state index is 0.140. The molecule has 0 aliphatic carbocycles. The van der Waals surface area contributed by atoms with Crippen molar-refractivity contribution in [3.05, 3.63) is 46.2 Å². The highest BCUT2D eigenvalue weighted by atomic mass is 32.1. The van der Waals surface area contributed by atoms with Crippen LogP contribution in [-0.4, -0.2) is 22.6 Å². The first-order valence-electron chi connectivity index (χ1n) is 5.73. The molecule has 0 unspecified atom stereocenters. The van der Waals surface area contributed by atoms with Gasteiger partial charge in [0.2, 0.25) is 0 Å². The Morgan fingerprint density at radius 3 is 2.95 bits per heavy atom. The Balaban J connectivity index is 2.16. The molecule has 1 amide bonds. The lowest BCUT2D eigenvalue weighted by Crippen LogP contribution is -2.12. The second kappa shape index (κ2) is 6.28. The predicted molar refractivity (Wildman–Crippen MR) is 75.2 cm³/mol. The highest BCUT2D eigenvalue weighted by Gasteiger charge is 2.10. The second-order valence-corrected chi connectivity index (χ2v) is 4.76. The van der Waals surface area contributed by atoms with Gasteiger partial charge in [0.05, 0.1) is 11.3 Å². The number of hydrogen-bond donors (Lipinski definition) is 2. The van der Waals surface area contributed by atoms with Gasteiger partial charge in [-0.1, -0.05) is 11.8 Å². The Bertz CT molecular complexity index is 701. The van der Waals surface area contributed by atoms with Crippen LogP contribution < -0.4 is 5.32 Å². The number of rotatable bonds is 2. The number of hydrogen-bond acceptors (Lipinski definition) is 4. The van der Waals surface area contributed by atoms with E-state index in [0.29, 0.717) is 5.13 Å². The molecule has 0 atom stereocenters. The quantitative estimate of drug-likeness (QED) is 0.833. The summed E-state index contributed by atoms with van der Waals surface area (Å²) >= 11 is 1.30. The molecule has 6 heteroatoms. The Morgan fingerprint density at radius 1 is 1.55 bits per heavy atom. The van der Waals surface area contributed by atoms with Crippen molar-refractivity contribution in [2.24, 2.45) is 0 Å². The van der Waals surface area contributed by atoms with E-state index in [2.05, 4.69) is 22.1 Å². The van der Waals surface area contributed by atoms with E-state index in [-0.39, 0.29) is 17.7 Å². The summed E-state index contributed by atoms with van der Waals surface area (Å²) in [6, 6.07) is 3.98. The summed E-state index contributed by atoms with van der Waals surface area (Å²) in [5.74, 6) is 3.78. The van der Waals surface area contributed by atoms with Crippen molar-refractivity contribution in [2.75, 3.05) is 11.9 Å². The summed E-state index contributed by atoms with van der Waals surface area (Å²) in [6.45, 7) is 1.48. The van der Waals surface area contributed by atoms with E-state index in [1.165, 1.54) is 23.5 Å². The minimum atomic E-state index is -0.603. The Labute approximate surface area is 119 Å². The summed E-state index contributed by atoms with van der Waals surface area (Å²) in [5, 5.41) is 13.4. The zero-order valence-electron chi connectivity index (χ0n) is 10.6. The molecule has 1 aromatic carbocycles. The maximum Gasteiger partial charge on any atom is 0.257 e. The molecule has 4 nitrogen and oxygen atoms in total. The number of aryl methyl sites for hydroxylation is 1. The van der Waals surface area contributed by atoms with Gasteiger partial charge in [0.15, 0.2) is 5.13 Å². The molecule has 0 bridgehead atoms. The third-order valence-corrected chi connectivity index (χ3v) is 3.25. The van der Waals surface area contributed by atoms with Gasteiger partial charge >= 0.3 is 0 Å². The Morgan fingerprint density at radius 2 is 2.35 bits per heavy atom. The zero-order chi connectivity index (χ0) is 14.5. The van der Waals surface area contributed by atoms with Crippen molar-refractivity contribution < 1.29 is 14.3 Å². The third-order valence-electron chi connectivity index (χ3n) is 2.37. The number of aliphatic hydroxyl groups excluding tert-OH is 1. The van der Waals surface area contributed by atoms with E-state index in [4.69, 9.17) is 5.11 Å². The summed E-state index contributed by atoms with van der Waals surface area (Å²) in [7, 11) is 0. The van der Waals surface area contributed by atoms with E-state index in [9.17, 15) is 9.18 Å². The van der Waals surface area contributed by atoms with Gasteiger partial charge < -0.3 is 5.11 Å². The van der Waals surface area contributed by atoms with Crippen LogP contribution in [0.1, 0.15) is 21.6 Å². The fourth-order valence-electron chi connectivity index (χ4n) is 1.47. The van der Waals surface area contributed by atoms with E-state index in [1.54, 1.807) is 0 Å². The highest BCUT2D eigenvalue weighted by Crippen LogP contribution is 2.16. The molecule has 0 aliphatic rings. The van der Waals surface area contributed by atoms with Gasteiger partial charge in [-0.25, -0.2) is 9.37 Å². The number of aromatic nitrogens is 1. The van der Waals surface area contributed by atoms with Gasteiger partial charge in [-0.3, -0.25) is 10.1 Å². The maximum absolute atomic E-state index is 13.7. The first-order chi connectivity index (χ1) is 9.60.